The van der Waals surface area contributed by atoms with Crippen LogP contribution in [0.5, 0.6) is 0 Å². The van der Waals surface area contributed by atoms with E-state index in [-0.39, 0.29) is 6.04 Å². The lowest BCUT2D eigenvalue weighted by molar-refractivity contribution is 0.297. The lowest BCUT2D eigenvalue weighted by Gasteiger charge is -2.19. The number of piperidine rings is 1. The van der Waals surface area contributed by atoms with E-state index in [2.05, 4.69) is 25.4 Å². The summed E-state index contributed by atoms with van der Waals surface area (Å²) in [5.41, 5.74) is 0. The smallest absolute Gasteiger partial charge is 0.244 e. The zero-order chi connectivity index (χ0) is 11.5. The van der Waals surface area contributed by atoms with Gasteiger partial charge in [-0.15, -0.1) is 0 Å². The molecule has 6 nitrogen and oxygen atoms in total. The highest BCUT2D eigenvalue weighted by atomic mass is 16.5. The molecule has 1 N–H and O–H groups in total. The van der Waals surface area contributed by atoms with Crippen LogP contribution in [0.4, 0.5) is 0 Å². The molecule has 0 radical (unpaired) electrons. The Morgan fingerprint density at radius 2 is 2.06 bits per heavy atom. The Morgan fingerprint density at radius 1 is 1.18 bits per heavy atom. The number of nitrogens with one attached hydrogen (secondary N) is 1. The molecule has 6 heteroatoms. The lowest BCUT2D eigenvalue weighted by atomic mass is 10.1. The molecule has 0 aliphatic carbocycles. The summed E-state index contributed by atoms with van der Waals surface area (Å²) in [6.45, 7) is 1.00. The van der Waals surface area contributed by atoms with Crippen molar-refractivity contribution in [3.8, 4) is 11.6 Å². The summed E-state index contributed by atoms with van der Waals surface area (Å²) < 4.78 is 5.25. The molecule has 0 aromatic carbocycles. The first-order valence-corrected chi connectivity index (χ1v) is 5.78. The van der Waals surface area contributed by atoms with E-state index < -0.39 is 0 Å². The van der Waals surface area contributed by atoms with Gasteiger partial charge in [0.05, 0.1) is 6.04 Å². The van der Waals surface area contributed by atoms with Gasteiger partial charge in [0.15, 0.2) is 0 Å². The van der Waals surface area contributed by atoms with Crippen molar-refractivity contribution in [2.75, 3.05) is 6.54 Å². The largest absolute Gasteiger partial charge is 0.337 e. The molecule has 3 rings (SSSR count). The third-order valence-electron chi connectivity index (χ3n) is 2.82. The molecule has 0 saturated carbocycles. The van der Waals surface area contributed by atoms with Crippen molar-refractivity contribution in [2.24, 2.45) is 0 Å². The minimum absolute atomic E-state index is 0.175. The molecular weight excluding hydrogens is 218 g/mol. The van der Waals surface area contributed by atoms with Crippen LogP contribution in [0.1, 0.15) is 31.2 Å². The topological polar surface area (TPSA) is 76.7 Å². The van der Waals surface area contributed by atoms with Gasteiger partial charge in [0.1, 0.15) is 0 Å². The highest BCUT2D eigenvalue weighted by molar-refractivity contribution is 5.40. The number of rotatable bonds is 2. The Balaban J connectivity index is 1.83. The summed E-state index contributed by atoms with van der Waals surface area (Å²) in [6, 6.07) is 1.93. The van der Waals surface area contributed by atoms with Gasteiger partial charge in [0, 0.05) is 12.4 Å². The minimum Gasteiger partial charge on any atom is -0.337 e. The Kier molecular flexibility index (Phi) is 2.79. The molecule has 1 aliphatic heterocycles. The van der Waals surface area contributed by atoms with Crippen LogP contribution >= 0.6 is 0 Å². The fourth-order valence-electron chi connectivity index (χ4n) is 1.94. The summed E-state index contributed by atoms with van der Waals surface area (Å²) in [5, 5.41) is 7.27. The van der Waals surface area contributed by atoms with Crippen LogP contribution in [0, 0.1) is 0 Å². The first kappa shape index (κ1) is 10.3. The van der Waals surface area contributed by atoms with Crippen LogP contribution in [0.2, 0.25) is 0 Å². The molecule has 0 amide bonds. The van der Waals surface area contributed by atoms with Crippen LogP contribution < -0.4 is 5.32 Å². The summed E-state index contributed by atoms with van der Waals surface area (Å²) >= 11 is 0. The molecule has 0 bridgehead atoms. The highest BCUT2D eigenvalue weighted by Crippen LogP contribution is 2.22. The molecule has 17 heavy (non-hydrogen) atoms. The predicted molar refractivity (Wildman–Crippen MR) is 59.9 cm³/mol. The molecule has 1 atom stereocenters. The molecule has 1 aliphatic rings. The number of nitrogens with zero attached hydrogens (tertiary/aromatic N) is 4. The first-order valence-electron chi connectivity index (χ1n) is 5.78. The van der Waals surface area contributed by atoms with Crippen LogP contribution in [0.25, 0.3) is 11.6 Å². The Labute approximate surface area is 98.5 Å². The van der Waals surface area contributed by atoms with Crippen molar-refractivity contribution >= 4 is 0 Å². The maximum atomic E-state index is 5.25. The maximum Gasteiger partial charge on any atom is 0.244 e. The third kappa shape index (κ3) is 2.16. The third-order valence-corrected chi connectivity index (χ3v) is 2.82. The van der Waals surface area contributed by atoms with E-state index in [1.165, 1.54) is 12.8 Å². The predicted octanol–water partition coefficient (Wildman–Crippen LogP) is 1.34. The number of hydrogen-bond acceptors (Lipinski definition) is 6. The van der Waals surface area contributed by atoms with Gasteiger partial charge in [-0.05, 0) is 25.5 Å². The summed E-state index contributed by atoms with van der Waals surface area (Å²) in [7, 11) is 0. The normalized spacial score (nSPS) is 20.4. The zero-order valence-electron chi connectivity index (χ0n) is 9.33. The monoisotopic (exact) mass is 231 g/mol. The zero-order valence-corrected chi connectivity index (χ0v) is 9.33. The summed E-state index contributed by atoms with van der Waals surface area (Å²) in [6.07, 6.45) is 6.77. The molecule has 1 fully saturated rings. The van der Waals surface area contributed by atoms with E-state index in [0.29, 0.717) is 17.5 Å². The van der Waals surface area contributed by atoms with Crippen LogP contribution in [0.3, 0.4) is 0 Å². The van der Waals surface area contributed by atoms with Gasteiger partial charge in [-0.3, -0.25) is 0 Å². The molecule has 3 heterocycles. The SMILES string of the molecule is c1cnc(-c2noc([C@H]3CCCCN3)n2)nc1. The van der Waals surface area contributed by atoms with Gasteiger partial charge in [-0.2, -0.15) is 4.98 Å². The van der Waals surface area contributed by atoms with Crippen LogP contribution in [-0.2, 0) is 0 Å². The second-order valence-electron chi connectivity index (χ2n) is 4.03. The van der Waals surface area contributed by atoms with Gasteiger partial charge in [-0.25, -0.2) is 9.97 Å². The molecular formula is C11H13N5O. The van der Waals surface area contributed by atoms with Crippen molar-refractivity contribution in [2.45, 2.75) is 25.3 Å². The second kappa shape index (κ2) is 4.58. The fourth-order valence-corrected chi connectivity index (χ4v) is 1.94. The molecule has 0 spiro atoms. The van der Waals surface area contributed by atoms with E-state index in [1.54, 1.807) is 18.5 Å². The van der Waals surface area contributed by atoms with Gasteiger partial charge >= 0.3 is 0 Å². The Morgan fingerprint density at radius 3 is 2.82 bits per heavy atom. The van der Waals surface area contributed by atoms with Gasteiger partial charge in [0.2, 0.25) is 17.5 Å². The van der Waals surface area contributed by atoms with Gasteiger partial charge < -0.3 is 9.84 Å². The summed E-state index contributed by atoms with van der Waals surface area (Å²) in [5.74, 6) is 1.58. The average molecular weight is 231 g/mol. The number of aromatic nitrogens is 4. The van der Waals surface area contributed by atoms with E-state index in [9.17, 15) is 0 Å². The van der Waals surface area contributed by atoms with Crippen LogP contribution in [-0.4, -0.2) is 26.7 Å². The van der Waals surface area contributed by atoms with Crippen LogP contribution in [0.15, 0.2) is 23.0 Å². The standard InChI is InChI=1S/C11H13N5O/c1-2-5-12-8(4-1)11-15-10(16-17-11)9-13-6-3-7-14-9/h3,6-8,12H,1-2,4-5H2/t8-/m1/s1. The van der Waals surface area contributed by atoms with Crippen molar-refractivity contribution < 1.29 is 4.52 Å². The summed E-state index contributed by atoms with van der Waals surface area (Å²) in [4.78, 5) is 12.5. The van der Waals surface area contributed by atoms with Crippen molar-refractivity contribution in [1.29, 1.82) is 0 Å². The molecule has 0 unspecified atom stereocenters. The van der Waals surface area contributed by atoms with E-state index >= 15 is 0 Å². The van der Waals surface area contributed by atoms with Crippen molar-refractivity contribution in [1.82, 2.24) is 25.4 Å². The highest BCUT2D eigenvalue weighted by Gasteiger charge is 2.21. The van der Waals surface area contributed by atoms with Crippen molar-refractivity contribution in [3.05, 3.63) is 24.4 Å². The average Bonchev–Trinajstić information content (AvgIpc) is 2.90. The Bertz CT molecular complexity index is 478. The fraction of sp³-hybridized carbons (Fsp3) is 0.455. The molecule has 1 saturated heterocycles. The number of hydrogen-bond donors (Lipinski definition) is 1. The minimum atomic E-state index is 0.175. The maximum absolute atomic E-state index is 5.25. The quantitative estimate of drug-likeness (QED) is 0.840. The van der Waals surface area contributed by atoms with E-state index in [4.69, 9.17) is 4.52 Å². The van der Waals surface area contributed by atoms with Gasteiger partial charge in [-0.1, -0.05) is 11.6 Å². The van der Waals surface area contributed by atoms with Crippen molar-refractivity contribution in [3.63, 3.8) is 0 Å². The van der Waals surface area contributed by atoms with E-state index in [1.807, 2.05) is 0 Å². The van der Waals surface area contributed by atoms with E-state index in [0.717, 1.165) is 13.0 Å². The first-order chi connectivity index (χ1) is 8.43. The second-order valence-corrected chi connectivity index (χ2v) is 4.03. The molecule has 2 aromatic rings. The molecule has 88 valence electrons. The molecule has 2 aromatic heterocycles. The van der Waals surface area contributed by atoms with Gasteiger partial charge in [0.25, 0.3) is 0 Å². The lowest BCUT2D eigenvalue weighted by Crippen LogP contribution is -2.26. The Hall–Kier alpha value is -1.82.